The zero-order chi connectivity index (χ0) is 15.0. The fraction of sp³-hybridized carbons (Fsp3) is 0.214. The molecule has 0 saturated carbocycles. The molecule has 2 amide bonds. The molecule has 2 aromatic heterocycles. The van der Waals surface area contributed by atoms with Gasteiger partial charge in [-0.15, -0.1) is 22.7 Å². The molecule has 0 saturated heterocycles. The number of hydrogen-bond acceptors (Lipinski definition) is 5. The van der Waals surface area contributed by atoms with Crippen molar-refractivity contribution in [3.63, 3.8) is 0 Å². The molecule has 0 spiro atoms. The SMILES string of the molecule is CC(C)c1cnc(N(C(N)=O)c2ccc3ncsc3c2)s1. The second-order valence-electron chi connectivity index (χ2n) is 4.88. The van der Waals surface area contributed by atoms with Crippen molar-refractivity contribution in [3.8, 4) is 0 Å². The van der Waals surface area contributed by atoms with Crippen molar-refractivity contribution in [2.24, 2.45) is 5.73 Å². The highest BCUT2D eigenvalue weighted by atomic mass is 32.1. The Morgan fingerprint density at radius 3 is 2.81 bits per heavy atom. The van der Waals surface area contributed by atoms with Crippen LogP contribution in [-0.4, -0.2) is 16.0 Å². The summed E-state index contributed by atoms with van der Waals surface area (Å²) in [5, 5.41) is 0.593. The summed E-state index contributed by atoms with van der Waals surface area (Å²) in [6.07, 6.45) is 1.80. The van der Waals surface area contributed by atoms with Crippen molar-refractivity contribution >= 4 is 49.7 Å². The van der Waals surface area contributed by atoms with Gasteiger partial charge in [-0.1, -0.05) is 13.8 Å². The highest BCUT2D eigenvalue weighted by molar-refractivity contribution is 7.17. The number of fused-ring (bicyclic) bond motifs is 1. The highest BCUT2D eigenvalue weighted by Crippen LogP contribution is 2.34. The lowest BCUT2D eigenvalue weighted by Gasteiger charge is -2.17. The van der Waals surface area contributed by atoms with E-state index in [4.69, 9.17) is 5.73 Å². The van der Waals surface area contributed by atoms with Crippen LogP contribution in [-0.2, 0) is 0 Å². The van der Waals surface area contributed by atoms with E-state index in [0.29, 0.717) is 16.7 Å². The maximum atomic E-state index is 11.9. The number of carbonyl (C=O) groups excluding carboxylic acids is 1. The van der Waals surface area contributed by atoms with Gasteiger partial charge in [0.1, 0.15) is 0 Å². The van der Waals surface area contributed by atoms with Crippen molar-refractivity contribution in [2.45, 2.75) is 19.8 Å². The lowest BCUT2D eigenvalue weighted by molar-refractivity contribution is 0.256. The Morgan fingerprint density at radius 1 is 1.33 bits per heavy atom. The van der Waals surface area contributed by atoms with Crippen LogP contribution in [0.25, 0.3) is 10.2 Å². The second-order valence-corrected chi connectivity index (χ2v) is 6.80. The molecule has 0 atom stereocenters. The molecule has 7 heteroatoms. The molecule has 0 fully saturated rings. The Labute approximate surface area is 130 Å². The minimum atomic E-state index is -0.538. The van der Waals surface area contributed by atoms with Gasteiger partial charge in [0.2, 0.25) is 0 Å². The lowest BCUT2D eigenvalue weighted by atomic mass is 10.2. The third-order valence-electron chi connectivity index (χ3n) is 3.07. The van der Waals surface area contributed by atoms with Crippen molar-refractivity contribution in [1.29, 1.82) is 0 Å². The van der Waals surface area contributed by atoms with Gasteiger partial charge in [0.25, 0.3) is 0 Å². The fourth-order valence-electron chi connectivity index (χ4n) is 1.96. The number of hydrogen-bond donors (Lipinski definition) is 1. The van der Waals surface area contributed by atoms with Crippen molar-refractivity contribution in [1.82, 2.24) is 9.97 Å². The van der Waals surface area contributed by atoms with Crippen LogP contribution in [0, 0.1) is 0 Å². The maximum absolute atomic E-state index is 11.9. The van der Waals surface area contributed by atoms with E-state index in [-0.39, 0.29) is 0 Å². The molecule has 3 rings (SSSR count). The zero-order valence-electron chi connectivity index (χ0n) is 11.6. The van der Waals surface area contributed by atoms with E-state index in [1.807, 2.05) is 18.2 Å². The zero-order valence-corrected chi connectivity index (χ0v) is 13.2. The molecule has 0 radical (unpaired) electrons. The van der Waals surface area contributed by atoms with Gasteiger partial charge >= 0.3 is 6.03 Å². The van der Waals surface area contributed by atoms with Crippen LogP contribution in [0.2, 0.25) is 0 Å². The van der Waals surface area contributed by atoms with E-state index in [1.54, 1.807) is 11.7 Å². The number of aromatic nitrogens is 2. The molecule has 1 aromatic carbocycles. The van der Waals surface area contributed by atoms with E-state index in [2.05, 4.69) is 23.8 Å². The summed E-state index contributed by atoms with van der Waals surface area (Å²) in [5.74, 6) is 0.370. The Hall–Kier alpha value is -1.99. The molecule has 0 unspecified atom stereocenters. The summed E-state index contributed by atoms with van der Waals surface area (Å²) >= 11 is 3.01. The van der Waals surface area contributed by atoms with Gasteiger partial charge in [0.15, 0.2) is 5.13 Å². The molecule has 0 aliphatic rings. The average Bonchev–Trinajstić information content (AvgIpc) is 3.06. The Bertz CT molecular complexity index is 793. The van der Waals surface area contributed by atoms with E-state index >= 15 is 0 Å². The molecule has 21 heavy (non-hydrogen) atoms. The molecule has 0 aliphatic heterocycles. The highest BCUT2D eigenvalue weighted by Gasteiger charge is 2.20. The Balaban J connectivity index is 2.05. The van der Waals surface area contributed by atoms with E-state index in [9.17, 15) is 4.79 Å². The predicted molar refractivity (Wildman–Crippen MR) is 87.5 cm³/mol. The van der Waals surface area contributed by atoms with Gasteiger partial charge in [0, 0.05) is 11.1 Å². The summed E-state index contributed by atoms with van der Waals surface area (Å²) in [6, 6.07) is 5.09. The molecule has 5 nitrogen and oxygen atoms in total. The van der Waals surface area contributed by atoms with Crippen LogP contribution in [0.4, 0.5) is 15.6 Å². The van der Waals surface area contributed by atoms with Crippen LogP contribution in [0.15, 0.2) is 29.9 Å². The van der Waals surface area contributed by atoms with E-state index < -0.39 is 6.03 Å². The summed E-state index contributed by atoms with van der Waals surface area (Å²) in [5.41, 5.74) is 8.95. The quantitative estimate of drug-likeness (QED) is 0.790. The number of thiazole rings is 2. The molecular weight excluding hydrogens is 304 g/mol. The second kappa shape index (κ2) is 5.42. The molecular formula is C14H14N4OS2. The van der Waals surface area contributed by atoms with Gasteiger partial charge in [-0.25, -0.2) is 19.7 Å². The number of benzene rings is 1. The van der Waals surface area contributed by atoms with E-state index in [1.165, 1.54) is 27.6 Å². The van der Waals surface area contributed by atoms with Crippen LogP contribution < -0.4 is 10.6 Å². The minimum absolute atomic E-state index is 0.370. The number of nitrogens with two attached hydrogens (primary N) is 1. The first-order valence-corrected chi connectivity index (χ1v) is 8.14. The number of urea groups is 1. The third-order valence-corrected chi connectivity index (χ3v) is 5.14. The smallest absolute Gasteiger partial charge is 0.325 e. The van der Waals surface area contributed by atoms with Crippen molar-refractivity contribution in [3.05, 3.63) is 34.8 Å². The van der Waals surface area contributed by atoms with Crippen LogP contribution in [0.3, 0.4) is 0 Å². The topological polar surface area (TPSA) is 72.1 Å². The number of carbonyl (C=O) groups is 1. The molecule has 0 bridgehead atoms. The predicted octanol–water partition coefficient (Wildman–Crippen LogP) is 4.09. The van der Waals surface area contributed by atoms with Crippen molar-refractivity contribution < 1.29 is 4.79 Å². The Kier molecular flexibility index (Phi) is 3.60. The number of nitrogens with zero attached hydrogens (tertiary/aromatic N) is 3. The molecule has 2 heterocycles. The van der Waals surface area contributed by atoms with Gasteiger partial charge in [0.05, 0.1) is 21.4 Å². The van der Waals surface area contributed by atoms with Crippen LogP contribution in [0.5, 0.6) is 0 Å². The van der Waals surface area contributed by atoms with Crippen molar-refractivity contribution in [2.75, 3.05) is 4.90 Å². The first-order chi connectivity index (χ1) is 10.1. The summed E-state index contributed by atoms with van der Waals surface area (Å²) in [4.78, 5) is 23.0. The van der Waals surface area contributed by atoms with Gasteiger partial charge in [-0.2, -0.15) is 0 Å². The number of amides is 2. The lowest BCUT2D eigenvalue weighted by Crippen LogP contribution is -2.31. The number of rotatable bonds is 3. The first kappa shape index (κ1) is 14.0. The van der Waals surface area contributed by atoms with Gasteiger partial charge < -0.3 is 5.73 Å². The van der Waals surface area contributed by atoms with Crippen LogP contribution >= 0.6 is 22.7 Å². The minimum Gasteiger partial charge on any atom is -0.351 e. The first-order valence-electron chi connectivity index (χ1n) is 6.45. The van der Waals surface area contributed by atoms with E-state index in [0.717, 1.165) is 15.1 Å². The summed E-state index contributed by atoms with van der Waals surface area (Å²) in [6.45, 7) is 4.19. The molecule has 108 valence electrons. The number of anilines is 2. The molecule has 3 aromatic rings. The summed E-state index contributed by atoms with van der Waals surface area (Å²) in [7, 11) is 0. The maximum Gasteiger partial charge on any atom is 0.325 e. The average molecular weight is 318 g/mol. The third kappa shape index (κ3) is 2.62. The standard InChI is InChI=1S/C14H14N4OS2/c1-8(2)12-6-16-14(21-12)18(13(15)19)9-3-4-10-11(5-9)20-7-17-10/h3-8H,1-2H3,(H2,15,19). The van der Waals surface area contributed by atoms with Gasteiger partial charge in [-0.3, -0.25) is 0 Å². The summed E-state index contributed by atoms with van der Waals surface area (Å²) < 4.78 is 1.01. The van der Waals surface area contributed by atoms with Crippen LogP contribution in [0.1, 0.15) is 24.6 Å². The monoisotopic (exact) mass is 318 g/mol. The largest absolute Gasteiger partial charge is 0.351 e. The Morgan fingerprint density at radius 2 is 2.14 bits per heavy atom. The fourth-order valence-corrected chi connectivity index (χ4v) is 3.62. The number of primary amides is 1. The van der Waals surface area contributed by atoms with Gasteiger partial charge in [-0.05, 0) is 24.1 Å². The molecule has 0 aliphatic carbocycles. The molecule has 2 N–H and O–H groups in total. The normalized spacial score (nSPS) is 11.2.